The van der Waals surface area contributed by atoms with Gasteiger partial charge >= 0.3 is 0 Å². The lowest BCUT2D eigenvalue weighted by Crippen LogP contribution is -2.31. The van der Waals surface area contributed by atoms with Crippen molar-refractivity contribution in [1.82, 2.24) is 15.5 Å². The molecule has 0 amide bonds. The second-order valence-electron chi connectivity index (χ2n) is 4.04. The van der Waals surface area contributed by atoms with Gasteiger partial charge in [0.15, 0.2) is 5.82 Å². The maximum absolute atomic E-state index is 4.26. The molecule has 0 spiro atoms. The summed E-state index contributed by atoms with van der Waals surface area (Å²) in [6, 6.07) is 4.54. The quantitative estimate of drug-likeness (QED) is 0.797. The summed E-state index contributed by atoms with van der Waals surface area (Å²) in [5.74, 6) is 0.956. The van der Waals surface area contributed by atoms with Crippen LogP contribution in [0, 0.1) is 0 Å². The topological polar surface area (TPSA) is 41.0 Å². The lowest BCUT2D eigenvalue weighted by atomic mass is 10.3. The molecular weight excluding hydrogens is 200 g/mol. The van der Waals surface area contributed by atoms with Crippen molar-refractivity contribution in [2.24, 2.45) is 0 Å². The largest absolute Gasteiger partial charge is 0.353 e. The summed E-state index contributed by atoms with van der Waals surface area (Å²) in [6.45, 7) is 11.2. The first-order valence-corrected chi connectivity index (χ1v) is 5.99. The molecule has 0 aliphatic carbocycles. The van der Waals surface area contributed by atoms with Crippen molar-refractivity contribution in [3.63, 3.8) is 0 Å². The summed E-state index contributed by atoms with van der Waals surface area (Å²) in [5.41, 5.74) is 0.991. The van der Waals surface area contributed by atoms with Crippen molar-refractivity contribution < 1.29 is 0 Å². The lowest BCUT2D eigenvalue weighted by Gasteiger charge is -2.25. The molecule has 1 heterocycles. The zero-order valence-corrected chi connectivity index (χ0v) is 10.7. The van der Waals surface area contributed by atoms with Gasteiger partial charge < -0.3 is 10.2 Å². The van der Waals surface area contributed by atoms with Crippen LogP contribution >= 0.6 is 0 Å². The predicted molar refractivity (Wildman–Crippen MR) is 67.6 cm³/mol. The first kappa shape index (κ1) is 12.9. The molecule has 4 nitrogen and oxygen atoms in total. The molecule has 1 aromatic heterocycles. The SMILES string of the molecule is CCNCc1ccc(N(CC)C(C)C)nn1. The van der Waals surface area contributed by atoms with E-state index in [1.807, 2.05) is 12.1 Å². The second-order valence-corrected chi connectivity index (χ2v) is 4.04. The number of rotatable bonds is 6. The zero-order valence-electron chi connectivity index (χ0n) is 10.7. The molecule has 0 atom stereocenters. The van der Waals surface area contributed by atoms with Crippen LogP contribution in [0.25, 0.3) is 0 Å². The van der Waals surface area contributed by atoms with Crippen molar-refractivity contribution in [3.8, 4) is 0 Å². The molecule has 0 unspecified atom stereocenters. The van der Waals surface area contributed by atoms with Gasteiger partial charge in [0.05, 0.1) is 5.69 Å². The molecule has 0 aliphatic rings. The number of anilines is 1. The minimum absolute atomic E-state index is 0.457. The average molecular weight is 222 g/mol. The fourth-order valence-corrected chi connectivity index (χ4v) is 1.65. The van der Waals surface area contributed by atoms with Gasteiger partial charge in [-0.1, -0.05) is 6.92 Å². The van der Waals surface area contributed by atoms with Crippen LogP contribution in [0.2, 0.25) is 0 Å². The minimum Gasteiger partial charge on any atom is -0.353 e. The summed E-state index contributed by atoms with van der Waals surface area (Å²) in [6.07, 6.45) is 0. The average Bonchev–Trinajstić information content (AvgIpc) is 2.28. The normalized spacial score (nSPS) is 10.8. The van der Waals surface area contributed by atoms with E-state index < -0.39 is 0 Å². The number of hydrogen-bond acceptors (Lipinski definition) is 4. The lowest BCUT2D eigenvalue weighted by molar-refractivity contribution is 0.670. The number of hydrogen-bond donors (Lipinski definition) is 1. The summed E-state index contributed by atoms with van der Waals surface area (Å²) >= 11 is 0. The van der Waals surface area contributed by atoms with Gasteiger partial charge in [-0.15, -0.1) is 5.10 Å². The summed E-state index contributed by atoms with van der Waals surface area (Å²) in [5, 5.41) is 11.7. The van der Waals surface area contributed by atoms with E-state index in [0.717, 1.165) is 31.1 Å². The Balaban J connectivity index is 2.69. The van der Waals surface area contributed by atoms with Gasteiger partial charge in [-0.25, -0.2) is 0 Å². The molecule has 0 fully saturated rings. The van der Waals surface area contributed by atoms with Crippen LogP contribution in [0.15, 0.2) is 12.1 Å². The van der Waals surface area contributed by atoms with Crippen LogP contribution in [-0.4, -0.2) is 29.3 Å². The van der Waals surface area contributed by atoms with E-state index in [-0.39, 0.29) is 0 Å². The number of nitrogens with zero attached hydrogens (tertiary/aromatic N) is 3. The first-order chi connectivity index (χ1) is 7.69. The van der Waals surface area contributed by atoms with Crippen molar-refractivity contribution in [1.29, 1.82) is 0 Å². The van der Waals surface area contributed by atoms with Gasteiger partial charge in [-0.3, -0.25) is 0 Å². The summed E-state index contributed by atoms with van der Waals surface area (Å²) in [7, 11) is 0. The third kappa shape index (κ3) is 3.45. The molecule has 0 bridgehead atoms. The Morgan fingerprint density at radius 3 is 2.44 bits per heavy atom. The van der Waals surface area contributed by atoms with Crippen molar-refractivity contribution in [3.05, 3.63) is 17.8 Å². The van der Waals surface area contributed by atoms with E-state index in [4.69, 9.17) is 0 Å². The van der Waals surface area contributed by atoms with Gasteiger partial charge in [0.25, 0.3) is 0 Å². The van der Waals surface area contributed by atoms with E-state index in [9.17, 15) is 0 Å². The molecule has 0 saturated carbocycles. The van der Waals surface area contributed by atoms with Crippen LogP contribution in [0.4, 0.5) is 5.82 Å². The predicted octanol–water partition coefficient (Wildman–Crippen LogP) is 1.82. The third-order valence-corrected chi connectivity index (χ3v) is 2.52. The molecule has 0 saturated heterocycles. The van der Waals surface area contributed by atoms with Crippen molar-refractivity contribution in [2.45, 2.75) is 40.3 Å². The highest BCUT2D eigenvalue weighted by molar-refractivity contribution is 5.38. The van der Waals surface area contributed by atoms with Crippen LogP contribution in [-0.2, 0) is 6.54 Å². The molecule has 90 valence electrons. The molecule has 1 rings (SSSR count). The van der Waals surface area contributed by atoms with E-state index in [1.54, 1.807) is 0 Å². The maximum atomic E-state index is 4.26. The van der Waals surface area contributed by atoms with Gasteiger partial charge in [-0.05, 0) is 39.4 Å². The van der Waals surface area contributed by atoms with Gasteiger partial charge in [0.2, 0.25) is 0 Å². The molecule has 0 aromatic carbocycles. The van der Waals surface area contributed by atoms with Crippen LogP contribution in [0.3, 0.4) is 0 Å². The first-order valence-electron chi connectivity index (χ1n) is 5.99. The highest BCUT2D eigenvalue weighted by atomic mass is 15.3. The van der Waals surface area contributed by atoms with Crippen molar-refractivity contribution in [2.75, 3.05) is 18.0 Å². The second kappa shape index (κ2) is 6.43. The minimum atomic E-state index is 0.457. The van der Waals surface area contributed by atoms with Gasteiger partial charge in [0.1, 0.15) is 0 Å². The number of nitrogens with one attached hydrogen (secondary N) is 1. The Bertz CT molecular complexity index is 294. The Morgan fingerprint density at radius 2 is 2.00 bits per heavy atom. The summed E-state index contributed by atoms with van der Waals surface area (Å²) < 4.78 is 0. The number of aromatic nitrogens is 2. The van der Waals surface area contributed by atoms with Gasteiger partial charge in [-0.2, -0.15) is 5.10 Å². The van der Waals surface area contributed by atoms with E-state index in [2.05, 4.69) is 48.1 Å². The van der Waals surface area contributed by atoms with E-state index >= 15 is 0 Å². The standard InChI is InChI=1S/C12H22N4/c1-5-13-9-11-7-8-12(15-14-11)16(6-2)10(3)4/h7-8,10,13H,5-6,9H2,1-4H3. The van der Waals surface area contributed by atoms with Crippen LogP contribution in [0.5, 0.6) is 0 Å². The fourth-order valence-electron chi connectivity index (χ4n) is 1.65. The third-order valence-electron chi connectivity index (χ3n) is 2.52. The Labute approximate surface area is 98.1 Å². The molecule has 4 heteroatoms. The molecule has 1 aromatic rings. The highest BCUT2D eigenvalue weighted by Crippen LogP contribution is 2.12. The monoisotopic (exact) mass is 222 g/mol. The Morgan fingerprint density at radius 1 is 1.25 bits per heavy atom. The van der Waals surface area contributed by atoms with Gasteiger partial charge in [0, 0.05) is 19.1 Å². The molecule has 0 aliphatic heterocycles. The summed E-state index contributed by atoms with van der Waals surface area (Å²) in [4.78, 5) is 2.23. The zero-order chi connectivity index (χ0) is 12.0. The fraction of sp³-hybridized carbons (Fsp3) is 0.667. The Hall–Kier alpha value is -1.16. The Kier molecular flexibility index (Phi) is 5.19. The molecule has 16 heavy (non-hydrogen) atoms. The molecule has 0 radical (unpaired) electrons. The van der Waals surface area contributed by atoms with Crippen molar-refractivity contribution >= 4 is 5.82 Å². The van der Waals surface area contributed by atoms with E-state index in [1.165, 1.54) is 0 Å². The van der Waals surface area contributed by atoms with Crippen LogP contribution in [0.1, 0.15) is 33.4 Å². The van der Waals surface area contributed by atoms with E-state index in [0.29, 0.717) is 6.04 Å². The smallest absolute Gasteiger partial charge is 0.151 e. The highest BCUT2D eigenvalue weighted by Gasteiger charge is 2.09. The van der Waals surface area contributed by atoms with Crippen LogP contribution < -0.4 is 10.2 Å². The maximum Gasteiger partial charge on any atom is 0.151 e. The molecular formula is C12H22N4. The molecule has 1 N–H and O–H groups in total.